The predicted molar refractivity (Wildman–Crippen MR) is 62.2 cm³/mol. The smallest absolute Gasteiger partial charge is 0.431 e. The highest BCUT2D eigenvalue weighted by molar-refractivity contribution is 5.84. The van der Waals surface area contributed by atoms with Crippen LogP contribution in [-0.2, 0) is 14.3 Å². The zero-order valence-electron chi connectivity index (χ0n) is 10.2. The van der Waals surface area contributed by atoms with E-state index in [1.54, 1.807) is 6.92 Å². The largest absolute Gasteiger partial charge is 0.478 e. The van der Waals surface area contributed by atoms with Gasteiger partial charge in [-0.3, -0.25) is 5.21 Å². The van der Waals surface area contributed by atoms with E-state index in [1.807, 2.05) is 0 Å². The van der Waals surface area contributed by atoms with Gasteiger partial charge < -0.3 is 14.9 Å². The van der Waals surface area contributed by atoms with Crippen LogP contribution in [0, 0.1) is 0 Å². The highest BCUT2D eigenvalue weighted by Crippen LogP contribution is 1.81. The molecular formula is C10H17NO7. The summed E-state index contributed by atoms with van der Waals surface area (Å²) in [5.41, 5.74) is 1.48. The van der Waals surface area contributed by atoms with Crippen LogP contribution in [0.5, 0.6) is 0 Å². The molecule has 0 bridgehead atoms. The van der Waals surface area contributed by atoms with Crippen LogP contribution >= 0.6 is 0 Å². The Morgan fingerprint density at radius 2 is 1.67 bits per heavy atom. The van der Waals surface area contributed by atoms with Crippen molar-refractivity contribution in [3.8, 4) is 0 Å². The van der Waals surface area contributed by atoms with Crippen LogP contribution in [0.4, 0.5) is 4.79 Å². The van der Waals surface area contributed by atoms with Gasteiger partial charge in [-0.2, -0.15) is 0 Å². The number of carboxylic acid groups (broad SMARTS) is 2. The molecule has 0 aromatic heterocycles. The molecule has 0 saturated heterocycles. The Morgan fingerprint density at radius 1 is 1.33 bits per heavy atom. The third-order valence-electron chi connectivity index (χ3n) is 0.906. The van der Waals surface area contributed by atoms with Crippen LogP contribution in [0.1, 0.15) is 13.8 Å². The summed E-state index contributed by atoms with van der Waals surface area (Å²) in [4.78, 5) is 28.7. The first-order chi connectivity index (χ1) is 8.22. The van der Waals surface area contributed by atoms with Crippen molar-refractivity contribution in [3.05, 3.63) is 24.8 Å². The Morgan fingerprint density at radius 3 is 1.72 bits per heavy atom. The number of carboxylic acids is 2. The quantitative estimate of drug-likeness (QED) is 0.339. The van der Waals surface area contributed by atoms with E-state index >= 15 is 0 Å². The van der Waals surface area contributed by atoms with E-state index in [4.69, 9.17) is 15.4 Å². The van der Waals surface area contributed by atoms with Gasteiger partial charge in [0.05, 0.1) is 6.61 Å². The van der Waals surface area contributed by atoms with Gasteiger partial charge in [-0.05, 0) is 13.8 Å². The first-order valence-electron chi connectivity index (χ1n) is 4.53. The van der Waals surface area contributed by atoms with Crippen LogP contribution in [0.3, 0.4) is 0 Å². The lowest BCUT2D eigenvalue weighted by molar-refractivity contribution is -0.133. The van der Waals surface area contributed by atoms with Crippen LogP contribution in [-0.4, -0.2) is 40.1 Å². The topological polar surface area (TPSA) is 133 Å². The highest BCUT2D eigenvalue weighted by Gasteiger charge is 1.91. The van der Waals surface area contributed by atoms with Crippen molar-refractivity contribution in [2.24, 2.45) is 0 Å². The van der Waals surface area contributed by atoms with Gasteiger partial charge >= 0.3 is 18.0 Å². The maximum Gasteiger partial charge on any atom is 0.431 e. The number of rotatable bonds is 3. The van der Waals surface area contributed by atoms with Gasteiger partial charge in [0, 0.05) is 11.6 Å². The summed E-state index contributed by atoms with van der Waals surface area (Å²) in [6.07, 6.45) is 0.0162. The molecular weight excluding hydrogens is 246 g/mol. The summed E-state index contributed by atoms with van der Waals surface area (Å²) < 4.78 is 4.19. The van der Waals surface area contributed by atoms with Crippen molar-refractivity contribution in [1.29, 1.82) is 0 Å². The van der Waals surface area contributed by atoms with Gasteiger partial charge in [0.2, 0.25) is 0 Å². The van der Waals surface area contributed by atoms with Crippen molar-refractivity contribution in [1.82, 2.24) is 5.48 Å². The normalized spacial score (nSPS) is 7.28. The van der Waals surface area contributed by atoms with Gasteiger partial charge in [-0.25, -0.2) is 19.9 Å². The molecule has 0 aliphatic carbocycles. The number of nitrogens with one attached hydrogen (secondary N) is 1. The lowest BCUT2D eigenvalue weighted by Gasteiger charge is -1.94. The molecule has 104 valence electrons. The molecule has 0 rings (SSSR count). The maximum absolute atomic E-state index is 9.83. The summed E-state index contributed by atoms with van der Waals surface area (Å²) >= 11 is 0. The lowest BCUT2D eigenvalue weighted by atomic mass is 10.4. The van der Waals surface area contributed by atoms with Gasteiger partial charge in [0.25, 0.3) is 0 Å². The Kier molecular flexibility index (Phi) is 17.1. The first-order valence-corrected chi connectivity index (χ1v) is 4.53. The van der Waals surface area contributed by atoms with Crippen LogP contribution in [0.25, 0.3) is 0 Å². The number of hydrogen-bond acceptors (Lipinski definition) is 5. The Hall–Kier alpha value is -2.35. The molecule has 0 spiro atoms. The third kappa shape index (κ3) is 29.2. The van der Waals surface area contributed by atoms with E-state index in [9.17, 15) is 14.4 Å². The molecule has 8 heteroatoms. The SMILES string of the molecule is C=C(C)C(=O)O.C=CC(=O)O.CCOC(=O)NO. The molecule has 1 amide bonds. The molecule has 0 radical (unpaired) electrons. The summed E-state index contributed by atoms with van der Waals surface area (Å²) in [5.74, 6) is -1.92. The molecule has 0 fully saturated rings. The number of aliphatic carboxylic acids is 2. The zero-order chi connectivity index (χ0) is 15.1. The third-order valence-corrected chi connectivity index (χ3v) is 0.906. The molecule has 0 unspecified atom stereocenters. The second kappa shape index (κ2) is 14.7. The molecule has 0 saturated carbocycles. The van der Waals surface area contributed by atoms with E-state index < -0.39 is 18.0 Å². The van der Waals surface area contributed by atoms with Crippen LogP contribution < -0.4 is 5.48 Å². The average molecular weight is 263 g/mol. The molecule has 0 heterocycles. The fourth-order valence-electron chi connectivity index (χ4n) is 0.163. The van der Waals surface area contributed by atoms with E-state index in [-0.39, 0.29) is 12.2 Å². The van der Waals surface area contributed by atoms with E-state index in [2.05, 4.69) is 17.9 Å². The Labute approximate surface area is 104 Å². The molecule has 0 aliphatic rings. The monoisotopic (exact) mass is 263 g/mol. The summed E-state index contributed by atoms with van der Waals surface area (Å²) in [6.45, 7) is 9.48. The molecule has 0 aliphatic heterocycles. The van der Waals surface area contributed by atoms with Crippen molar-refractivity contribution in [2.45, 2.75) is 13.8 Å². The van der Waals surface area contributed by atoms with Crippen molar-refractivity contribution in [2.75, 3.05) is 6.61 Å². The molecule has 18 heavy (non-hydrogen) atoms. The highest BCUT2D eigenvalue weighted by atomic mass is 16.6. The van der Waals surface area contributed by atoms with Crippen molar-refractivity contribution in [3.63, 3.8) is 0 Å². The van der Waals surface area contributed by atoms with E-state index in [0.717, 1.165) is 6.08 Å². The van der Waals surface area contributed by atoms with Gasteiger partial charge in [0.1, 0.15) is 0 Å². The molecule has 0 aromatic rings. The maximum atomic E-state index is 9.83. The average Bonchev–Trinajstić information content (AvgIpc) is 2.30. The standard InChI is InChI=1S/C4H6O2.C3H7NO3.C3H4O2/c1-3(2)4(5)6;1-2-7-3(5)4-6;1-2-3(4)5/h1H2,2H3,(H,5,6);6H,2H2,1H3,(H,4,5);2H,1H2,(H,4,5). The van der Waals surface area contributed by atoms with Crippen molar-refractivity contribution < 1.29 is 34.5 Å². The number of hydrogen-bond donors (Lipinski definition) is 4. The van der Waals surface area contributed by atoms with Crippen LogP contribution in [0.2, 0.25) is 0 Å². The minimum absolute atomic E-state index is 0.176. The molecule has 0 atom stereocenters. The van der Waals surface area contributed by atoms with E-state index in [1.165, 1.54) is 12.4 Å². The summed E-state index contributed by atoms with van der Waals surface area (Å²) in [5, 5.41) is 23.2. The summed E-state index contributed by atoms with van der Waals surface area (Å²) in [7, 11) is 0. The molecule has 8 nitrogen and oxygen atoms in total. The fraction of sp³-hybridized carbons (Fsp3) is 0.300. The lowest BCUT2D eigenvalue weighted by Crippen LogP contribution is -2.19. The van der Waals surface area contributed by atoms with E-state index in [0.29, 0.717) is 0 Å². The molecule has 4 N–H and O–H groups in total. The number of hydroxylamine groups is 1. The number of amides is 1. The number of carbonyl (C=O) groups is 3. The number of ether oxygens (including phenoxy) is 1. The second-order valence-corrected chi connectivity index (χ2v) is 2.46. The van der Waals surface area contributed by atoms with Gasteiger partial charge in [-0.1, -0.05) is 13.2 Å². The second-order valence-electron chi connectivity index (χ2n) is 2.46. The predicted octanol–water partition coefficient (Wildman–Crippen LogP) is 1.03. The Balaban J connectivity index is -0.000000190. The summed E-state index contributed by atoms with van der Waals surface area (Å²) in [6, 6.07) is 0. The zero-order valence-corrected chi connectivity index (χ0v) is 10.2. The Bertz CT molecular complexity index is 287. The molecule has 0 aromatic carbocycles. The minimum atomic E-state index is -0.981. The van der Waals surface area contributed by atoms with Crippen molar-refractivity contribution >= 4 is 18.0 Å². The minimum Gasteiger partial charge on any atom is -0.478 e. The number of carbonyl (C=O) groups excluding carboxylic acids is 1. The van der Waals surface area contributed by atoms with Gasteiger partial charge in [-0.15, -0.1) is 0 Å². The first kappa shape index (κ1) is 21.0. The van der Waals surface area contributed by atoms with Crippen LogP contribution in [0.15, 0.2) is 24.8 Å². The van der Waals surface area contributed by atoms with Gasteiger partial charge in [0.15, 0.2) is 0 Å². The fourth-order valence-corrected chi connectivity index (χ4v) is 0.163.